The predicted octanol–water partition coefficient (Wildman–Crippen LogP) is 4.52. The normalized spacial score (nSPS) is 15.8. The lowest BCUT2D eigenvalue weighted by atomic mass is 9.92. The van der Waals surface area contributed by atoms with Gasteiger partial charge in [0.25, 0.3) is 5.91 Å². The molecule has 3 nitrogen and oxygen atoms in total. The first-order valence-corrected chi connectivity index (χ1v) is 9.18. The minimum absolute atomic E-state index is 0.0392. The van der Waals surface area contributed by atoms with Crippen molar-refractivity contribution >= 4 is 5.91 Å². The zero-order valence-corrected chi connectivity index (χ0v) is 15.3. The van der Waals surface area contributed by atoms with Crippen molar-refractivity contribution in [2.24, 2.45) is 0 Å². The van der Waals surface area contributed by atoms with Crippen LogP contribution in [0.2, 0.25) is 0 Å². The third-order valence-electron chi connectivity index (χ3n) is 4.94. The molecule has 0 aromatic heterocycles. The largest absolute Gasteiger partial charge is 0.481 e. The number of ether oxygens (including phenoxy) is 1. The minimum Gasteiger partial charge on any atom is -0.481 e. The molecule has 0 fully saturated rings. The summed E-state index contributed by atoms with van der Waals surface area (Å²) in [7, 11) is 0. The Morgan fingerprint density at radius 3 is 2.40 bits per heavy atom. The van der Waals surface area contributed by atoms with Gasteiger partial charge in [0.05, 0.1) is 6.04 Å². The van der Waals surface area contributed by atoms with Crippen LogP contribution in [0, 0.1) is 6.92 Å². The number of benzene rings is 2. The van der Waals surface area contributed by atoms with E-state index in [0.717, 1.165) is 24.2 Å². The molecule has 2 aromatic carbocycles. The Kier molecular flexibility index (Phi) is 5.42. The molecule has 3 heteroatoms. The van der Waals surface area contributed by atoms with Crippen molar-refractivity contribution in [1.82, 2.24) is 5.32 Å². The molecular formula is C22H27NO2. The van der Waals surface area contributed by atoms with Gasteiger partial charge in [0.15, 0.2) is 6.10 Å². The topological polar surface area (TPSA) is 38.3 Å². The Morgan fingerprint density at radius 1 is 1.00 bits per heavy atom. The molecule has 1 aliphatic rings. The van der Waals surface area contributed by atoms with Crippen molar-refractivity contribution in [2.75, 3.05) is 0 Å². The maximum absolute atomic E-state index is 12.5. The Labute approximate surface area is 150 Å². The van der Waals surface area contributed by atoms with Crippen LogP contribution >= 0.6 is 0 Å². The average molecular weight is 337 g/mol. The molecule has 1 aliphatic carbocycles. The van der Waals surface area contributed by atoms with Crippen molar-refractivity contribution < 1.29 is 9.53 Å². The number of hydrogen-bond donors (Lipinski definition) is 1. The van der Waals surface area contributed by atoms with Crippen molar-refractivity contribution in [2.45, 2.75) is 58.6 Å². The molecule has 1 N–H and O–H groups in total. The van der Waals surface area contributed by atoms with E-state index in [4.69, 9.17) is 4.74 Å². The van der Waals surface area contributed by atoms with Gasteiger partial charge in [0.1, 0.15) is 5.75 Å². The van der Waals surface area contributed by atoms with E-state index in [-0.39, 0.29) is 11.9 Å². The van der Waals surface area contributed by atoms with Crippen LogP contribution in [0.3, 0.4) is 0 Å². The van der Waals surface area contributed by atoms with Gasteiger partial charge in [-0.2, -0.15) is 0 Å². The van der Waals surface area contributed by atoms with Crippen LogP contribution in [0.25, 0.3) is 0 Å². The fourth-order valence-electron chi connectivity index (χ4n) is 3.31. The summed E-state index contributed by atoms with van der Waals surface area (Å²) in [5.74, 6) is 0.692. The monoisotopic (exact) mass is 337 g/mol. The molecule has 3 rings (SSSR count). The van der Waals surface area contributed by atoms with E-state index in [0.29, 0.717) is 0 Å². The highest BCUT2D eigenvalue weighted by molar-refractivity contribution is 5.81. The van der Waals surface area contributed by atoms with Gasteiger partial charge in [-0.3, -0.25) is 4.79 Å². The fourth-order valence-corrected chi connectivity index (χ4v) is 3.31. The van der Waals surface area contributed by atoms with Gasteiger partial charge in [0.2, 0.25) is 0 Å². The zero-order chi connectivity index (χ0) is 17.8. The number of carbonyl (C=O) groups is 1. The smallest absolute Gasteiger partial charge is 0.261 e. The van der Waals surface area contributed by atoms with Crippen LogP contribution in [0.15, 0.2) is 42.5 Å². The number of hydrogen-bond acceptors (Lipinski definition) is 2. The highest BCUT2D eigenvalue weighted by Crippen LogP contribution is 2.26. The second-order valence-electron chi connectivity index (χ2n) is 7.04. The molecule has 25 heavy (non-hydrogen) atoms. The molecule has 132 valence electrons. The first-order valence-electron chi connectivity index (χ1n) is 9.18. The summed E-state index contributed by atoms with van der Waals surface area (Å²) < 4.78 is 5.89. The first kappa shape index (κ1) is 17.5. The molecule has 0 heterocycles. The van der Waals surface area contributed by atoms with E-state index in [2.05, 4.69) is 48.6 Å². The van der Waals surface area contributed by atoms with Gasteiger partial charge in [-0.05, 0) is 75.3 Å². The van der Waals surface area contributed by atoms with Gasteiger partial charge in [-0.15, -0.1) is 0 Å². The number of fused-ring (bicyclic) bond motifs is 1. The maximum Gasteiger partial charge on any atom is 0.261 e. The quantitative estimate of drug-likeness (QED) is 0.871. The summed E-state index contributed by atoms with van der Waals surface area (Å²) >= 11 is 0. The lowest BCUT2D eigenvalue weighted by Crippen LogP contribution is -2.37. The summed E-state index contributed by atoms with van der Waals surface area (Å²) in [6, 6.07) is 14.4. The van der Waals surface area contributed by atoms with Crippen LogP contribution in [0.4, 0.5) is 0 Å². The van der Waals surface area contributed by atoms with E-state index in [1.807, 2.05) is 13.0 Å². The molecule has 0 spiro atoms. The summed E-state index contributed by atoms with van der Waals surface area (Å²) in [6.07, 6.45) is 4.25. The Bertz CT molecular complexity index is 736. The number of rotatable bonds is 5. The van der Waals surface area contributed by atoms with Crippen LogP contribution in [0.5, 0.6) is 5.75 Å². The molecule has 0 saturated heterocycles. The van der Waals surface area contributed by atoms with Crippen molar-refractivity contribution in [3.63, 3.8) is 0 Å². The molecule has 0 unspecified atom stereocenters. The standard InChI is InChI=1S/C22H27NO2/c1-15-8-10-18(11-9-15)16(2)23-22(24)17(3)25-21-13-12-19-6-4-5-7-20(19)14-21/h8-14,16-17H,4-7H2,1-3H3,(H,23,24)/t16-,17+/m1/s1. The Hall–Kier alpha value is -2.29. The highest BCUT2D eigenvalue weighted by Gasteiger charge is 2.18. The molecule has 2 aromatic rings. The number of amides is 1. The van der Waals surface area contributed by atoms with Crippen LogP contribution in [-0.4, -0.2) is 12.0 Å². The predicted molar refractivity (Wildman–Crippen MR) is 101 cm³/mol. The molecule has 0 radical (unpaired) electrons. The lowest BCUT2D eigenvalue weighted by Gasteiger charge is -2.21. The molecule has 0 aliphatic heterocycles. The maximum atomic E-state index is 12.5. The number of nitrogens with one attached hydrogen (secondary N) is 1. The molecule has 0 bridgehead atoms. The Balaban J connectivity index is 1.59. The second-order valence-corrected chi connectivity index (χ2v) is 7.04. The first-order chi connectivity index (χ1) is 12.0. The summed E-state index contributed by atoms with van der Waals surface area (Å²) in [6.45, 7) is 5.85. The Morgan fingerprint density at radius 2 is 1.68 bits per heavy atom. The summed E-state index contributed by atoms with van der Waals surface area (Å²) in [4.78, 5) is 12.5. The van der Waals surface area contributed by atoms with E-state index in [9.17, 15) is 4.79 Å². The van der Waals surface area contributed by atoms with E-state index in [1.54, 1.807) is 6.92 Å². The molecule has 1 amide bonds. The van der Waals surface area contributed by atoms with Gasteiger partial charge < -0.3 is 10.1 Å². The van der Waals surface area contributed by atoms with Crippen molar-refractivity contribution in [1.29, 1.82) is 0 Å². The third kappa shape index (κ3) is 4.41. The average Bonchev–Trinajstić information content (AvgIpc) is 2.62. The van der Waals surface area contributed by atoms with Crippen molar-refractivity contribution in [3.8, 4) is 5.75 Å². The van der Waals surface area contributed by atoms with E-state index in [1.165, 1.54) is 29.5 Å². The lowest BCUT2D eigenvalue weighted by molar-refractivity contribution is -0.127. The van der Waals surface area contributed by atoms with Crippen LogP contribution in [0.1, 0.15) is 55.0 Å². The van der Waals surface area contributed by atoms with Gasteiger partial charge in [0, 0.05) is 0 Å². The van der Waals surface area contributed by atoms with E-state index >= 15 is 0 Å². The van der Waals surface area contributed by atoms with Gasteiger partial charge >= 0.3 is 0 Å². The molecule has 0 saturated carbocycles. The van der Waals surface area contributed by atoms with Crippen molar-refractivity contribution in [3.05, 3.63) is 64.7 Å². The van der Waals surface area contributed by atoms with Crippen LogP contribution < -0.4 is 10.1 Å². The number of aryl methyl sites for hydroxylation is 3. The van der Waals surface area contributed by atoms with Crippen LogP contribution in [-0.2, 0) is 17.6 Å². The molecule has 2 atom stereocenters. The summed E-state index contributed by atoms with van der Waals surface area (Å²) in [5.41, 5.74) is 5.10. The second kappa shape index (κ2) is 7.73. The third-order valence-corrected chi connectivity index (χ3v) is 4.94. The zero-order valence-electron chi connectivity index (χ0n) is 15.3. The fraction of sp³-hybridized carbons (Fsp3) is 0.409. The van der Waals surface area contributed by atoms with Gasteiger partial charge in [-0.25, -0.2) is 0 Å². The highest BCUT2D eigenvalue weighted by atomic mass is 16.5. The number of carbonyl (C=O) groups excluding carboxylic acids is 1. The van der Waals surface area contributed by atoms with E-state index < -0.39 is 6.10 Å². The SMILES string of the molecule is Cc1ccc([C@@H](C)NC(=O)[C@H](C)Oc2ccc3c(c2)CCCC3)cc1. The summed E-state index contributed by atoms with van der Waals surface area (Å²) in [5, 5.41) is 3.03. The molecular weight excluding hydrogens is 310 g/mol. The van der Waals surface area contributed by atoms with Gasteiger partial charge in [-0.1, -0.05) is 35.9 Å². The minimum atomic E-state index is -0.519.